The predicted molar refractivity (Wildman–Crippen MR) is 70.4 cm³/mol. The van der Waals surface area contributed by atoms with E-state index in [4.69, 9.17) is 10.5 Å². The summed E-state index contributed by atoms with van der Waals surface area (Å²) in [7, 11) is 0. The number of halogens is 1. The van der Waals surface area contributed by atoms with Crippen LogP contribution in [0.15, 0.2) is 24.3 Å². The molecule has 0 aliphatic carbocycles. The minimum Gasteiger partial charge on any atom is -0.428 e. The van der Waals surface area contributed by atoms with Crippen molar-refractivity contribution in [2.75, 3.05) is 0 Å². The van der Waals surface area contributed by atoms with Crippen LogP contribution in [0.25, 0.3) is 0 Å². The SMILES string of the molecule is CC(C)(C)OC(=O)OC(=O)[C@@H](N)Cc1cccc(F)c1. The van der Waals surface area contributed by atoms with Gasteiger partial charge in [-0.25, -0.2) is 14.0 Å². The second-order valence-corrected chi connectivity index (χ2v) is 5.33. The van der Waals surface area contributed by atoms with E-state index in [2.05, 4.69) is 4.74 Å². The number of carbonyl (C=O) groups is 2. The molecular weight excluding hydrogens is 265 g/mol. The zero-order valence-corrected chi connectivity index (χ0v) is 11.7. The van der Waals surface area contributed by atoms with Crippen LogP contribution in [0.4, 0.5) is 9.18 Å². The van der Waals surface area contributed by atoms with Gasteiger partial charge >= 0.3 is 12.1 Å². The van der Waals surface area contributed by atoms with E-state index in [1.165, 1.54) is 18.2 Å². The third kappa shape index (κ3) is 5.79. The fraction of sp³-hybridized carbons (Fsp3) is 0.429. The van der Waals surface area contributed by atoms with Gasteiger partial charge in [-0.05, 0) is 44.9 Å². The molecule has 0 aromatic heterocycles. The van der Waals surface area contributed by atoms with Crippen molar-refractivity contribution in [1.29, 1.82) is 0 Å². The first kappa shape index (κ1) is 16.1. The predicted octanol–water partition coefficient (Wildman–Crippen LogP) is 2.17. The van der Waals surface area contributed by atoms with Gasteiger partial charge in [-0.15, -0.1) is 0 Å². The first-order valence-corrected chi connectivity index (χ1v) is 6.12. The summed E-state index contributed by atoms with van der Waals surface area (Å²) in [5.41, 5.74) is 5.39. The van der Waals surface area contributed by atoms with E-state index in [0.717, 1.165) is 0 Å². The second kappa shape index (κ2) is 6.47. The Labute approximate surface area is 116 Å². The number of esters is 1. The maximum atomic E-state index is 13.0. The quantitative estimate of drug-likeness (QED) is 0.679. The van der Waals surface area contributed by atoms with Gasteiger partial charge in [0.25, 0.3) is 0 Å². The molecule has 1 aromatic rings. The van der Waals surface area contributed by atoms with Gasteiger partial charge in [0, 0.05) is 0 Å². The molecule has 1 aromatic carbocycles. The Morgan fingerprint density at radius 2 is 2.00 bits per heavy atom. The maximum Gasteiger partial charge on any atom is 0.516 e. The van der Waals surface area contributed by atoms with Crippen molar-refractivity contribution in [2.24, 2.45) is 5.73 Å². The van der Waals surface area contributed by atoms with E-state index in [9.17, 15) is 14.0 Å². The smallest absolute Gasteiger partial charge is 0.428 e. The Morgan fingerprint density at radius 1 is 1.35 bits per heavy atom. The monoisotopic (exact) mass is 283 g/mol. The summed E-state index contributed by atoms with van der Waals surface area (Å²) in [6.07, 6.45) is -1.03. The average Bonchev–Trinajstić information content (AvgIpc) is 2.25. The number of hydrogen-bond donors (Lipinski definition) is 1. The van der Waals surface area contributed by atoms with Crippen LogP contribution >= 0.6 is 0 Å². The third-order valence-electron chi connectivity index (χ3n) is 2.22. The van der Waals surface area contributed by atoms with Gasteiger partial charge < -0.3 is 15.2 Å². The Hall–Kier alpha value is -1.95. The average molecular weight is 283 g/mol. The molecule has 0 bridgehead atoms. The third-order valence-corrected chi connectivity index (χ3v) is 2.22. The number of nitrogens with two attached hydrogens (primary N) is 1. The van der Waals surface area contributed by atoms with Crippen LogP contribution in [0.3, 0.4) is 0 Å². The van der Waals surface area contributed by atoms with Crippen molar-refractivity contribution in [3.05, 3.63) is 35.6 Å². The van der Waals surface area contributed by atoms with Gasteiger partial charge in [-0.3, -0.25) is 0 Å². The standard InChI is InChI=1S/C14H18FNO4/c1-14(2,3)20-13(18)19-12(17)11(16)8-9-5-4-6-10(15)7-9/h4-7,11H,8,16H2,1-3H3/t11-/m0/s1. The summed E-state index contributed by atoms with van der Waals surface area (Å²) < 4.78 is 22.3. The summed E-state index contributed by atoms with van der Waals surface area (Å²) in [6, 6.07) is 4.62. The molecule has 2 N–H and O–H groups in total. The minimum atomic E-state index is -1.10. The molecule has 0 spiro atoms. The van der Waals surface area contributed by atoms with Gasteiger partial charge in [-0.2, -0.15) is 0 Å². The van der Waals surface area contributed by atoms with E-state index < -0.39 is 29.6 Å². The summed E-state index contributed by atoms with van der Waals surface area (Å²) in [5, 5.41) is 0. The molecule has 110 valence electrons. The van der Waals surface area contributed by atoms with Crippen molar-refractivity contribution >= 4 is 12.1 Å². The van der Waals surface area contributed by atoms with E-state index in [0.29, 0.717) is 5.56 Å². The first-order valence-electron chi connectivity index (χ1n) is 6.12. The topological polar surface area (TPSA) is 78.6 Å². The number of carbonyl (C=O) groups excluding carboxylic acids is 2. The molecule has 0 aliphatic heterocycles. The van der Waals surface area contributed by atoms with Gasteiger partial charge in [0.15, 0.2) is 0 Å². The highest BCUT2D eigenvalue weighted by Crippen LogP contribution is 2.10. The van der Waals surface area contributed by atoms with Gasteiger partial charge in [0.1, 0.15) is 17.5 Å². The van der Waals surface area contributed by atoms with Crippen molar-refractivity contribution in [3.63, 3.8) is 0 Å². The lowest BCUT2D eigenvalue weighted by molar-refractivity contribution is -0.142. The Morgan fingerprint density at radius 3 is 2.55 bits per heavy atom. The lowest BCUT2D eigenvalue weighted by Gasteiger charge is -2.19. The largest absolute Gasteiger partial charge is 0.516 e. The first-order chi connectivity index (χ1) is 9.17. The van der Waals surface area contributed by atoms with Crippen LogP contribution in [-0.4, -0.2) is 23.8 Å². The second-order valence-electron chi connectivity index (χ2n) is 5.33. The van der Waals surface area contributed by atoms with E-state index in [1.54, 1.807) is 26.8 Å². The molecule has 1 rings (SSSR count). The molecule has 0 aliphatic rings. The van der Waals surface area contributed by atoms with Gasteiger partial charge in [-0.1, -0.05) is 12.1 Å². The molecule has 20 heavy (non-hydrogen) atoms. The highest BCUT2D eigenvalue weighted by Gasteiger charge is 2.24. The normalized spacial score (nSPS) is 12.7. The number of hydrogen-bond acceptors (Lipinski definition) is 5. The molecule has 6 heteroatoms. The Bertz CT molecular complexity index is 496. The summed E-state index contributed by atoms with van der Waals surface area (Å²) in [4.78, 5) is 22.9. The maximum absolute atomic E-state index is 13.0. The van der Waals surface area contributed by atoms with Crippen molar-refractivity contribution in [3.8, 4) is 0 Å². The molecule has 0 amide bonds. The van der Waals surface area contributed by atoms with Crippen molar-refractivity contribution in [1.82, 2.24) is 0 Å². The van der Waals surface area contributed by atoms with Gasteiger partial charge in [0.05, 0.1) is 0 Å². The molecule has 1 atom stereocenters. The van der Waals surface area contributed by atoms with Crippen molar-refractivity contribution < 1.29 is 23.5 Å². The minimum absolute atomic E-state index is 0.0688. The number of benzene rings is 1. The lowest BCUT2D eigenvalue weighted by atomic mass is 10.1. The molecule has 0 radical (unpaired) electrons. The van der Waals surface area contributed by atoms with Gasteiger partial charge in [0.2, 0.25) is 0 Å². The number of ether oxygens (including phenoxy) is 2. The van der Waals surface area contributed by atoms with Crippen LogP contribution in [0.5, 0.6) is 0 Å². The van der Waals surface area contributed by atoms with E-state index in [-0.39, 0.29) is 6.42 Å². The Kier molecular flexibility index (Phi) is 5.21. The van der Waals surface area contributed by atoms with Crippen LogP contribution in [0, 0.1) is 5.82 Å². The summed E-state index contributed by atoms with van der Waals surface area (Å²) in [6.45, 7) is 4.93. The van der Waals surface area contributed by atoms with E-state index >= 15 is 0 Å². The van der Waals surface area contributed by atoms with Crippen molar-refractivity contribution in [2.45, 2.75) is 38.8 Å². The zero-order valence-electron chi connectivity index (χ0n) is 11.7. The van der Waals surface area contributed by atoms with Crippen LogP contribution in [0.1, 0.15) is 26.3 Å². The fourth-order valence-electron chi connectivity index (χ4n) is 1.43. The highest BCUT2D eigenvalue weighted by atomic mass is 19.1. The molecule has 5 nitrogen and oxygen atoms in total. The van der Waals surface area contributed by atoms with E-state index in [1.807, 2.05) is 0 Å². The molecule has 0 unspecified atom stereocenters. The Balaban J connectivity index is 2.53. The van der Waals surface area contributed by atoms with Crippen LogP contribution in [-0.2, 0) is 20.7 Å². The molecule has 0 saturated carbocycles. The van der Waals surface area contributed by atoms with Crippen LogP contribution in [0.2, 0.25) is 0 Å². The molecule has 0 fully saturated rings. The lowest BCUT2D eigenvalue weighted by Crippen LogP contribution is -2.37. The molecule has 0 heterocycles. The molecular formula is C14H18FNO4. The zero-order chi connectivity index (χ0) is 15.3. The fourth-order valence-corrected chi connectivity index (χ4v) is 1.43. The van der Waals surface area contributed by atoms with Crippen LogP contribution < -0.4 is 5.73 Å². The summed E-state index contributed by atoms with van der Waals surface area (Å²) in [5.74, 6) is -1.33. The highest BCUT2D eigenvalue weighted by molar-refractivity contribution is 5.85. The number of rotatable bonds is 3. The molecule has 0 saturated heterocycles. The summed E-state index contributed by atoms with van der Waals surface area (Å²) >= 11 is 0.